The number of aliphatic carboxylic acids is 1. The number of carboxylic acid groups (broad SMARTS) is 1. The van der Waals surface area contributed by atoms with E-state index in [1.807, 2.05) is 13.0 Å². The Morgan fingerprint density at radius 1 is 1.27 bits per heavy atom. The summed E-state index contributed by atoms with van der Waals surface area (Å²) in [6.07, 6.45) is 3.18. The highest BCUT2D eigenvalue weighted by molar-refractivity contribution is 5.69. The highest BCUT2D eigenvalue weighted by Gasteiger charge is 2.30. The lowest BCUT2D eigenvalue weighted by Crippen LogP contribution is -2.05. The number of benzene rings is 2. The van der Waals surface area contributed by atoms with Gasteiger partial charge in [-0.05, 0) is 60.6 Å². The number of halogens is 1. The number of rotatable bonds is 3. The van der Waals surface area contributed by atoms with E-state index in [1.54, 1.807) is 12.1 Å². The zero-order valence-corrected chi connectivity index (χ0v) is 14.9. The monoisotopic (exact) mass is 357 g/mol. The van der Waals surface area contributed by atoms with Crippen LogP contribution in [-0.2, 0) is 17.6 Å². The molecule has 138 valence electrons. The Hall–Kier alpha value is -2.40. The molecule has 5 heteroatoms. The molecule has 3 N–H and O–H groups in total. The topological polar surface area (TPSA) is 72.6 Å². The van der Waals surface area contributed by atoms with Gasteiger partial charge in [-0.3, -0.25) is 4.79 Å². The van der Waals surface area contributed by atoms with Gasteiger partial charge < -0.3 is 15.6 Å². The maximum atomic E-state index is 12.3. The summed E-state index contributed by atoms with van der Waals surface area (Å²) in [6, 6.07) is 10.3. The Balaban J connectivity index is 0.000000170. The van der Waals surface area contributed by atoms with E-state index in [0.717, 1.165) is 37.2 Å². The summed E-state index contributed by atoms with van der Waals surface area (Å²) in [5, 5.41) is 8.92. The van der Waals surface area contributed by atoms with Gasteiger partial charge in [-0.2, -0.15) is 0 Å². The molecule has 2 aliphatic rings. The third-order valence-electron chi connectivity index (χ3n) is 5.00. The average Bonchev–Trinajstić information content (AvgIpc) is 3.21. The van der Waals surface area contributed by atoms with Crippen molar-refractivity contribution in [2.75, 3.05) is 6.61 Å². The van der Waals surface area contributed by atoms with Crippen molar-refractivity contribution in [2.45, 2.75) is 44.6 Å². The van der Waals surface area contributed by atoms with Crippen LogP contribution in [0.1, 0.15) is 54.0 Å². The fourth-order valence-corrected chi connectivity index (χ4v) is 3.73. The van der Waals surface area contributed by atoms with Crippen LogP contribution < -0.4 is 10.5 Å². The number of ether oxygens (including phenoxy) is 1. The van der Waals surface area contributed by atoms with Crippen LogP contribution in [0.3, 0.4) is 0 Å². The van der Waals surface area contributed by atoms with E-state index < -0.39 is 5.97 Å². The second kappa shape index (κ2) is 7.87. The van der Waals surface area contributed by atoms with Gasteiger partial charge in [0.2, 0.25) is 0 Å². The second-order valence-electron chi connectivity index (χ2n) is 6.89. The summed E-state index contributed by atoms with van der Waals surface area (Å²) in [5.74, 6) is 0.249. The van der Waals surface area contributed by atoms with Crippen molar-refractivity contribution in [2.24, 2.45) is 5.73 Å². The van der Waals surface area contributed by atoms with Gasteiger partial charge in [-0.15, -0.1) is 0 Å². The molecule has 0 amide bonds. The number of nitrogens with two attached hydrogens (primary N) is 1. The zero-order chi connectivity index (χ0) is 18.7. The smallest absolute Gasteiger partial charge is 0.303 e. The Bertz CT molecular complexity index is 787. The second-order valence-corrected chi connectivity index (χ2v) is 6.89. The van der Waals surface area contributed by atoms with Gasteiger partial charge in [0.05, 0.1) is 13.0 Å². The quantitative estimate of drug-likeness (QED) is 0.872. The van der Waals surface area contributed by atoms with Gasteiger partial charge in [-0.25, -0.2) is 4.39 Å². The Morgan fingerprint density at radius 2 is 2.00 bits per heavy atom. The molecule has 0 unspecified atom stereocenters. The molecule has 4 rings (SSSR count). The average molecular weight is 357 g/mol. The van der Waals surface area contributed by atoms with Gasteiger partial charge in [-0.1, -0.05) is 18.2 Å². The molecule has 0 saturated heterocycles. The first kappa shape index (κ1) is 18.4. The highest BCUT2D eigenvalue weighted by Crippen LogP contribution is 2.43. The van der Waals surface area contributed by atoms with Crippen LogP contribution in [0, 0.1) is 5.82 Å². The Kier molecular flexibility index (Phi) is 5.57. The third kappa shape index (κ3) is 4.05. The first-order valence-electron chi connectivity index (χ1n) is 8.96. The first-order chi connectivity index (χ1) is 12.5. The van der Waals surface area contributed by atoms with E-state index in [0.29, 0.717) is 0 Å². The summed E-state index contributed by atoms with van der Waals surface area (Å²) in [6.45, 7) is 2.61. The van der Waals surface area contributed by atoms with Crippen LogP contribution in [-0.4, -0.2) is 17.7 Å². The van der Waals surface area contributed by atoms with Crippen molar-refractivity contribution in [3.63, 3.8) is 0 Å². The molecule has 4 nitrogen and oxygen atoms in total. The largest absolute Gasteiger partial charge is 0.493 e. The summed E-state index contributed by atoms with van der Waals surface area (Å²) in [7, 11) is 0. The fourth-order valence-electron chi connectivity index (χ4n) is 3.73. The molecule has 0 bridgehead atoms. The minimum absolute atomic E-state index is 0.0133. The summed E-state index contributed by atoms with van der Waals surface area (Å²) >= 11 is 0. The summed E-state index contributed by atoms with van der Waals surface area (Å²) < 4.78 is 17.8. The SMILES string of the molecule is C[C@@H](N)c1ccc(F)cc1.O=C(O)C[C@@H]1CCc2ccc3c(c21)CCO3. The lowest BCUT2D eigenvalue weighted by Gasteiger charge is -2.12. The molecule has 2 atom stereocenters. The molecule has 1 aliphatic heterocycles. The predicted octanol–water partition coefficient (Wildman–Crippen LogP) is 3.97. The van der Waals surface area contributed by atoms with Crippen LogP contribution in [0.5, 0.6) is 5.75 Å². The van der Waals surface area contributed by atoms with Crippen molar-refractivity contribution in [1.82, 2.24) is 0 Å². The molecule has 2 aromatic rings. The molecular formula is C21H24FNO3. The van der Waals surface area contributed by atoms with Crippen LogP contribution in [0.25, 0.3) is 0 Å². The maximum absolute atomic E-state index is 12.3. The van der Waals surface area contributed by atoms with Gasteiger partial charge in [0.15, 0.2) is 0 Å². The number of hydrogen-bond acceptors (Lipinski definition) is 3. The lowest BCUT2D eigenvalue weighted by atomic mass is 9.92. The number of aryl methyl sites for hydroxylation is 1. The predicted molar refractivity (Wildman–Crippen MR) is 98.0 cm³/mol. The minimum atomic E-state index is -0.700. The number of carboxylic acids is 1. The summed E-state index contributed by atoms with van der Waals surface area (Å²) in [4.78, 5) is 10.8. The van der Waals surface area contributed by atoms with Gasteiger partial charge in [0.25, 0.3) is 0 Å². The van der Waals surface area contributed by atoms with E-state index in [9.17, 15) is 9.18 Å². The van der Waals surface area contributed by atoms with Gasteiger partial charge >= 0.3 is 5.97 Å². The number of carbonyl (C=O) groups is 1. The molecule has 1 aliphatic carbocycles. The molecular weight excluding hydrogens is 333 g/mol. The highest BCUT2D eigenvalue weighted by atomic mass is 19.1. The molecule has 0 saturated carbocycles. The molecule has 2 aromatic carbocycles. The van der Waals surface area contributed by atoms with Crippen molar-refractivity contribution in [1.29, 1.82) is 0 Å². The maximum Gasteiger partial charge on any atom is 0.303 e. The van der Waals surface area contributed by atoms with Gasteiger partial charge in [0, 0.05) is 18.0 Å². The molecule has 26 heavy (non-hydrogen) atoms. The first-order valence-corrected chi connectivity index (χ1v) is 8.96. The van der Waals surface area contributed by atoms with Crippen molar-refractivity contribution >= 4 is 5.97 Å². The van der Waals surface area contributed by atoms with Crippen LogP contribution in [0.15, 0.2) is 36.4 Å². The van der Waals surface area contributed by atoms with Crippen molar-refractivity contribution in [3.05, 3.63) is 64.5 Å². The molecule has 0 radical (unpaired) electrons. The van der Waals surface area contributed by atoms with Gasteiger partial charge in [0.1, 0.15) is 11.6 Å². The molecule has 0 aromatic heterocycles. The zero-order valence-electron chi connectivity index (χ0n) is 14.9. The molecule has 0 fully saturated rings. The minimum Gasteiger partial charge on any atom is -0.493 e. The Morgan fingerprint density at radius 3 is 2.65 bits per heavy atom. The lowest BCUT2D eigenvalue weighted by molar-refractivity contribution is -0.137. The third-order valence-corrected chi connectivity index (χ3v) is 5.00. The number of fused-ring (bicyclic) bond motifs is 3. The normalized spacial score (nSPS) is 18.2. The molecule has 1 heterocycles. The van der Waals surface area contributed by atoms with Crippen molar-refractivity contribution in [3.8, 4) is 5.75 Å². The van der Waals surface area contributed by atoms with E-state index in [1.165, 1.54) is 28.8 Å². The van der Waals surface area contributed by atoms with Crippen LogP contribution >= 0.6 is 0 Å². The number of hydrogen-bond donors (Lipinski definition) is 2. The van der Waals surface area contributed by atoms with Crippen LogP contribution in [0.4, 0.5) is 4.39 Å². The van der Waals surface area contributed by atoms with Crippen molar-refractivity contribution < 1.29 is 19.0 Å². The Labute approximate surface area is 152 Å². The van der Waals surface area contributed by atoms with E-state index in [2.05, 4.69) is 6.07 Å². The fraction of sp³-hybridized carbons (Fsp3) is 0.381. The van der Waals surface area contributed by atoms with E-state index in [4.69, 9.17) is 15.6 Å². The van der Waals surface area contributed by atoms with E-state index >= 15 is 0 Å². The standard InChI is InChI=1S/C13H14O3.C8H10FN/c14-12(15)7-9-2-1-8-3-4-11-10(13(8)9)5-6-16-11;1-6(10)7-2-4-8(9)5-3-7/h3-4,9H,1-2,5-7H2,(H,14,15);2-6H,10H2,1H3/t9-;6-/m01/s1. The van der Waals surface area contributed by atoms with Crippen LogP contribution in [0.2, 0.25) is 0 Å². The van der Waals surface area contributed by atoms with E-state index in [-0.39, 0.29) is 24.2 Å². The summed E-state index contributed by atoms with van der Waals surface area (Å²) in [5.41, 5.74) is 10.4. The molecule has 0 spiro atoms.